The minimum Gasteiger partial charge on any atom is -0.493 e. The van der Waals surface area contributed by atoms with Crippen LogP contribution in [0.2, 0.25) is 0 Å². The van der Waals surface area contributed by atoms with E-state index in [2.05, 4.69) is 19.2 Å². The normalized spacial score (nSPS) is 12.4. The number of halogens is 2. The molecule has 0 heterocycles. The van der Waals surface area contributed by atoms with Gasteiger partial charge in [0, 0.05) is 24.2 Å². The average Bonchev–Trinajstić information content (AvgIpc) is 2.31. The van der Waals surface area contributed by atoms with Crippen LogP contribution < -0.4 is 10.1 Å². The van der Waals surface area contributed by atoms with Gasteiger partial charge in [-0.1, -0.05) is 6.92 Å². The lowest BCUT2D eigenvalue weighted by Gasteiger charge is -2.13. The molecule has 2 nitrogen and oxygen atoms in total. The molecule has 0 saturated carbocycles. The van der Waals surface area contributed by atoms with Crippen molar-refractivity contribution >= 4 is 0 Å². The maximum atomic E-state index is 12.9. The molecule has 0 saturated heterocycles. The van der Waals surface area contributed by atoms with Crippen molar-refractivity contribution in [3.8, 4) is 5.75 Å². The second-order valence-electron chi connectivity index (χ2n) is 4.45. The summed E-state index contributed by atoms with van der Waals surface area (Å²) in [7, 11) is 0. The number of ether oxygens (including phenoxy) is 1. The summed E-state index contributed by atoms with van der Waals surface area (Å²) >= 11 is 0. The van der Waals surface area contributed by atoms with E-state index in [4.69, 9.17) is 4.74 Å². The van der Waals surface area contributed by atoms with Crippen LogP contribution in [0.4, 0.5) is 8.78 Å². The molecule has 0 aliphatic rings. The van der Waals surface area contributed by atoms with Gasteiger partial charge in [0.05, 0.1) is 6.61 Å². The standard InChI is InChI=1S/C14H21F2NO/c1-3-6-17-11(2)5-4-7-18-14-9-12(15)8-13(16)10-14/h8-11,17H,3-7H2,1-2H3. The minimum absolute atomic E-state index is 0.252. The number of hydrogen-bond donors (Lipinski definition) is 1. The predicted molar refractivity (Wildman–Crippen MR) is 68.8 cm³/mol. The summed E-state index contributed by atoms with van der Waals surface area (Å²) in [5, 5.41) is 3.37. The molecule has 0 amide bonds. The Morgan fingerprint density at radius 2 is 1.89 bits per heavy atom. The maximum absolute atomic E-state index is 12.9. The first-order valence-corrected chi connectivity index (χ1v) is 6.44. The topological polar surface area (TPSA) is 21.3 Å². The first-order chi connectivity index (χ1) is 8.61. The zero-order chi connectivity index (χ0) is 13.4. The molecule has 1 unspecified atom stereocenters. The van der Waals surface area contributed by atoms with Gasteiger partial charge in [0.25, 0.3) is 0 Å². The van der Waals surface area contributed by atoms with Gasteiger partial charge in [-0.2, -0.15) is 0 Å². The summed E-state index contributed by atoms with van der Waals surface area (Å²) in [4.78, 5) is 0. The van der Waals surface area contributed by atoms with Crippen molar-refractivity contribution in [1.29, 1.82) is 0 Å². The molecule has 1 rings (SSSR count). The number of rotatable bonds is 8. The highest BCUT2D eigenvalue weighted by atomic mass is 19.1. The van der Waals surface area contributed by atoms with Crippen LogP contribution in [0.5, 0.6) is 5.75 Å². The van der Waals surface area contributed by atoms with Gasteiger partial charge in [-0.25, -0.2) is 8.78 Å². The minimum atomic E-state index is -0.608. The van der Waals surface area contributed by atoms with Gasteiger partial charge < -0.3 is 10.1 Å². The Bertz CT molecular complexity index is 337. The smallest absolute Gasteiger partial charge is 0.129 e. The van der Waals surface area contributed by atoms with Crippen molar-refractivity contribution < 1.29 is 13.5 Å². The third-order valence-electron chi connectivity index (χ3n) is 2.63. The van der Waals surface area contributed by atoms with E-state index in [1.165, 1.54) is 12.1 Å². The predicted octanol–water partition coefficient (Wildman–Crippen LogP) is 3.51. The van der Waals surface area contributed by atoms with Crippen LogP contribution in [0.1, 0.15) is 33.1 Å². The average molecular weight is 257 g/mol. The fraction of sp³-hybridized carbons (Fsp3) is 0.571. The molecule has 1 aromatic carbocycles. The van der Waals surface area contributed by atoms with Crippen molar-refractivity contribution in [2.45, 2.75) is 39.2 Å². The van der Waals surface area contributed by atoms with Crippen LogP contribution in [0, 0.1) is 11.6 Å². The van der Waals surface area contributed by atoms with Crippen LogP contribution in [-0.2, 0) is 0 Å². The highest BCUT2D eigenvalue weighted by Gasteiger charge is 2.03. The zero-order valence-electron chi connectivity index (χ0n) is 11.0. The van der Waals surface area contributed by atoms with Crippen LogP contribution in [-0.4, -0.2) is 19.2 Å². The monoisotopic (exact) mass is 257 g/mol. The van der Waals surface area contributed by atoms with Crippen LogP contribution in [0.25, 0.3) is 0 Å². The van der Waals surface area contributed by atoms with E-state index >= 15 is 0 Å². The van der Waals surface area contributed by atoms with Crippen LogP contribution in [0.15, 0.2) is 18.2 Å². The van der Waals surface area contributed by atoms with Gasteiger partial charge in [-0.15, -0.1) is 0 Å². The van der Waals surface area contributed by atoms with Crippen molar-refractivity contribution in [2.24, 2.45) is 0 Å². The molecule has 4 heteroatoms. The Hall–Kier alpha value is -1.16. The van der Waals surface area contributed by atoms with Gasteiger partial charge in [0.1, 0.15) is 17.4 Å². The second kappa shape index (κ2) is 8.03. The molecule has 0 aliphatic carbocycles. The van der Waals surface area contributed by atoms with Gasteiger partial charge >= 0.3 is 0 Å². The molecular weight excluding hydrogens is 236 g/mol. The first kappa shape index (κ1) is 14.9. The summed E-state index contributed by atoms with van der Waals surface area (Å²) in [6.45, 7) is 5.73. The largest absolute Gasteiger partial charge is 0.493 e. The molecule has 102 valence electrons. The van der Waals surface area contributed by atoms with Crippen molar-refractivity contribution in [1.82, 2.24) is 5.32 Å². The summed E-state index contributed by atoms with van der Waals surface area (Å²) in [5.41, 5.74) is 0. The Morgan fingerprint density at radius 3 is 2.50 bits per heavy atom. The van der Waals surface area contributed by atoms with E-state index < -0.39 is 11.6 Å². The Balaban J connectivity index is 2.21. The molecule has 0 fully saturated rings. The van der Waals surface area contributed by atoms with Crippen molar-refractivity contribution in [2.75, 3.05) is 13.2 Å². The third kappa shape index (κ3) is 5.96. The van der Waals surface area contributed by atoms with Gasteiger partial charge in [0.15, 0.2) is 0 Å². The van der Waals surface area contributed by atoms with Crippen LogP contribution >= 0.6 is 0 Å². The zero-order valence-corrected chi connectivity index (χ0v) is 11.0. The summed E-state index contributed by atoms with van der Waals surface area (Å²) in [5.74, 6) is -0.965. The number of hydrogen-bond acceptors (Lipinski definition) is 2. The number of benzene rings is 1. The molecule has 0 radical (unpaired) electrons. The summed E-state index contributed by atoms with van der Waals surface area (Å²) < 4.78 is 31.1. The molecule has 0 aromatic heterocycles. The molecule has 1 atom stereocenters. The lowest BCUT2D eigenvalue weighted by molar-refractivity contribution is 0.295. The molecule has 18 heavy (non-hydrogen) atoms. The number of nitrogens with one attached hydrogen (secondary N) is 1. The maximum Gasteiger partial charge on any atom is 0.129 e. The fourth-order valence-electron chi connectivity index (χ4n) is 1.68. The SMILES string of the molecule is CCCNC(C)CCCOc1cc(F)cc(F)c1. The lowest BCUT2D eigenvalue weighted by Crippen LogP contribution is -2.26. The molecule has 1 aromatic rings. The fourth-order valence-corrected chi connectivity index (χ4v) is 1.68. The molecule has 0 bridgehead atoms. The Labute approximate surface area is 107 Å². The lowest BCUT2D eigenvalue weighted by atomic mass is 10.2. The highest BCUT2D eigenvalue weighted by molar-refractivity contribution is 5.23. The molecule has 1 N–H and O–H groups in total. The van der Waals surface area contributed by atoms with E-state index in [9.17, 15) is 8.78 Å². The van der Waals surface area contributed by atoms with E-state index in [-0.39, 0.29) is 5.75 Å². The summed E-state index contributed by atoms with van der Waals surface area (Å²) in [6, 6.07) is 3.67. The first-order valence-electron chi connectivity index (χ1n) is 6.44. The van der Waals surface area contributed by atoms with Crippen LogP contribution in [0.3, 0.4) is 0 Å². The van der Waals surface area contributed by atoms with Crippen molar-refractivity contribution in [3.63, 3.8) is 0 Å². The van der Waals surface area contributed by atoms with Crippen molar-refractivity contribution in [3.05, 3.63) is 29.8 Å². The Morgan fingerprint density at radius 1 is 1.22 bits per heavy atom. The quantitative estimate of drug-likeness (QED) is 0.719. The molecule has 0 spiro atoms. The highest BCUT2D eigenvalue weighted by Crippen LogP contribution is 2.15. The van der Waals surface area contributed by atoms with E-state index in [0.717, 1.165) is 31.9 Å². The van der Waals surface area contributed by atoms with Gasteiger partial charge in [0.2, 0.25) is 0 Å². The molecular formula is C14H21F2NO. The Kier molecular flexibility index (Phi) is 6.65. The van der Waals surface area contributed by atoms with Gasteiger partial charge in [-0.3, -0.25) is 0 Å². The van der Waals surface area contributed by atoms with E-state index in [1.54, 1.807) is 0 Å². The molecule has 0 aliphatic heterocycles. The third-order valence-corrected chi connectivity index (χ3v) is 2.63. The summed E-state index contributed by atoms with van der Waals surface area (Å²) in [6.07, 6.45) is 2.96. The van der Waals surface area contributed by atoms with Gasteiger partial charge in [-0.05, 0) is 32.7 Å². The second-order valence-corrected chi connectivity index (χ2v) is 4.45. The van der Waals surface area contributed by atoms with E-state index in [0.29, 0.717) is 12.6 Å². The van der Waals surface area contributed by atoms with E-state index in [1.807, 2.05) is 0 Å².